The summed E-state index contributed by atoms with van der Waals surface area (Å²) in [5.41, 5.74) is -17.2. The first-order valence-corrected chi connectivity index (χ1v) is 6.94. The van der Waals surface area contributed by atoms with E-state index in [-0.39, 0.29) is 0 Å². The molecule has 0 aromatic rings. The Labute approximate surface area is 154 Å². The van der Waals surface area contributed by atoms with E-state index in [1.165, 1.54) is 0 Å². The summed E-state index contributed by atoms with van der Waals surface area (Å²) in [6.45, 7) is 0. The van der Waals surface area contributed by atoms with E-state index in [4.69, 9.17) is 23.2 Å². The average molecular weight is 475 g/mol. The van der Waals surface area contributed by atoms with E-state index in [9.17, 15) is 52.7 Å². The van der Waals surface area contributed by atoms with E-state index in [2.05, 4.69) is 9.98 Å². The van der Waals surface area contributed by atoms with Crippen molar-refractivity contribution in [1.82, 2.24) is 0 Å². The smallest absolute Gasteiger partial charge is 0.224 e. The molecule has 0 spiro atoms. The molecule has 0 N–H and O–H groups in total. The molecule has 158 valence electrons. The average Bonchev–Trinajstić information content (AvgIpc) is 2.40. The zero-order valence-corrected chi connectivity index (χ0v) is 13.6. The summed E-state index contributed by atoms with van der Waals surface area (Å²) >= 11 is 9.78. The summed E-state index contributed by atoms with van der Waals surface area (Å²) in [5.74, 6) is 0. The fraction of sp³-hybridized carbons (Fsp3) is 0.600. The predicted octanol–water partition coefficient (Wildman–Crippen LogP) is 4.81. The molecular formula is C10Cl2F12N4. The maximum Gasteiger partial charge on any atom is 0.428 e. The monoisotopic (exact) mass is 474 g/mol. The highest BCUT2D eigenvalue weighted by Gasteiger charge is 2.83. The second-order valence-electron chi connectivity index (χ2n) is 5.09. The van der Waals surface area contributed by atoms with Gasteiger partial charge in [0.1, 0.15) is 11.4 Å². The molecule has 0 aromatic carbocycles. The number of fused-ring (bicyclic) bond motifs is 1. The van der Waals surface area contributed by atoms with E-state index in [0.717, 1.165) is 0 Å². The molecule has 0 aliphatic carbocycles. The SMILES string of the molecule is FC(F)(F)C1(C(F)(F)F)N=C(Cl)N=C2C1=NC(Cl)=NC2(C(F)(F)F)C(F)(F)F. The zero-order chi connectivity index (χ0) is 22.1. The van der Waals surface area contributed by atoms with Crippen molar-refractivity contribution in [2.75, 3.05) is 0 Å². The van der Waals surface area contributed by atoms with Crippen LogP contribution in [0.15, 0.2) is 20.0 Å². The number of halogens is 14. The molecule has 0 aromatic heterocycles. The molecule has 0 radical (unpaired) electrons. The first-order valence-electron chi connectivity index (χ1n) is 6.18. The normalized spacial score (nSPS) is 22.6. The Kier molecular flexibility index (Phi) is 4.84. The number of amidine groups is 2. The van der Waals surface area contributed by atoms with Crippen LogP contribution in [0.1, 0.15) is 0 Å². The van der Waals surface area contributed by atoms with E-state index < -0.39 is 57.8 Å². The van der Waals surface area contributed by atoms with Crippen LogP contribution in [0.4, 0.5) is 52.7 Å². The van der Waals surface area contributed by atoms with Crippen molar-refractivity contribution >= 4 is 45.2 Å². The maximum atomic E-state index is 13.3. The highest BCUT2D eigenvalue weighted by Crippen LogP contribution is 2.55. The molecule has 0 unspecified atom stereocenters. The highest BCUT2D eigenvalue weighted by molar-refractivity contribution is 6.72. The van der Waals surface area contributed by atoms with Gasteiger partial charge in [-0.2, -0.15) is 52.7 Å². The van der Waals surface area contributed by atoms with E-state index in [1.807, 2.05) is 9.98 Å². The van der Waals surface area contributed by atoms with Crippen molar-refractivity contribution in [3.8, 4) is 0 Å². The topological polar surface area (TPSA) is 49.4 Å². The number of rotatable bonds is 0. The third-order valence-electron chi connectivity index (χ3n) is 3.48. The number of alkyl halides is 12. The van der Waals surface area contributed by atoms with Crippen molar-refractivity contribution in [2.24, 2.45) is 20.0 Å². The molecule has 2 rings (SSSR count). The standard InChI is InChI=1S/C10Cl2F12N4/c11-3-25-1-2(6(28-3,9(19,20)21)10(22,23)24)26-4(12)27-5(1,7(13,14)15)8(16,17)18. The van der Waals surface area contributed by atoms with Gasteiger partial charge in [-0.15, -0.1) is 0 Å². The van der Waals surface area contributed by atoms with E-state index in [1.54, 1.807) is 0 Å². The molecule has 28 heavy (non-hydrogen) atoms. The molecule has 0 amide bonds. The minimum absolute atomic E-state index is 1.97. The van der Waals surface area contributed by atoms with Gasteiger partial charge in [-0.05, 0) is 23.2 Å². The van der Waals surface area contributed by atoms with Gasteiger partial charge in [0.15, 0.2) is 0 Å². The predicted molar refractivity (Wildman–Crippen MR) is 71.1 cm³/mol. The van der Waals surface area contributed by atoms with Crippen molar-refractivity contribution < 1.29 is 52.7 Å². The first kappa shape index (κ1) is 22.7. The fourth-order valence-electron chi connectivity index (χ4n) is 2.34. The number of nitrogens with zero attached hydrogens (tertiary/aromatic N) is 4. The van der Waals surface area contributed by atoms with Crippen LogP contribution in [-0.2, 0) is 0 Å². The molecule has 18 heteroatoms. The van der Waals surface area contributed by atoms with E-state index in [0.29, 0.717) is 0 Å². The first-order chi connectivity index (χ1) is 12.2. The Morgan fingerprint density at radius 1 is 0.500 bits per heavy atom. The Bertz CT molecular complexity index is 714. The molecule has 4 nitrogen and oxygen atoms in total. The van der Waals surface area contributed by atoms with Gasteiger partial charge in [0.2, 0.25) is 10.6 Å². The van der Waals surface area contributed by atoms with Gasteiger partial charge in [0, 0.05) is 0 Å². The fourth-order valence-corrected chi connectivity index (χ4v) is 2.76. The molecule has 2 aliphatic rings. The van der Waals surface area contributed by atoms with Gasteiger partial charge in [-0.3, -0.25) is 0 Å². The van der Waals surface area contributed by atoms with Crippen molar-refractivity contribution in [2.45, 2.75) is 35.8 Å². The Hall–Kier alpha value is -1.58. The van der Waals surface area contributed by atoms with Crippen LogP contribution in [-0.4, -0.2) is 57.8 Å². The third kappa shape index (κ3) is 2.86. The number of hydrogen-bond donors (Lipinski definition) is 0. The molecule has 0 bridgehead atoms. The van der Waals surface area contributed by atoms with Crippen LogP contribution in [0.3, 0.4) is 0 Å². The van der Waals surface area contributed by atoms with Gasteiger partial charge in [-0.1, -0.05) is 0 Å². The van der Waals surface area contributed by atoms with Crippen LogP contribution >= 0.6 is 23.2 Å². The third-order valence-corrected chi connectivity index (χ3v) is 3.82. The largest absolute Gasteiger partial charge is 0.428 e. The molecule has 0 fully saturated rings. The van der Waals surface area contributed by atoms with Crippen LogP contribution in [0.5, 0.6) is 0 Å². The molecule has 0 saturated heterocycles. The van der Waals surface area contributed by atoms with Gasteiger partial charge >= 0.3 is 24.7 Å². The van der Waals surface area contributed by atoms with Crippen LogP contribution in [0, 0.1) is 0 Å². The maximum absolute atomic E-state index is 13.3. The lowest BCUT2D eigenvalue weighted by atomic mass is 9.78. The molecular weight excluding hydrogens is 475 g/mol. The van der Waals surface area contributed by atoms with Crippen molar-refractivity contribution in [3.05, 3.63) is 0 Å². The van der Waals surface area contributed by atoms with Gasteiger partial charge in [0.25, 0.3) is 11.1 Å². The molecule has 0 saturated carbocycles. The number of hydrogen-bond acceptors (Lipinski definition) is 4. The number of aliphatic imine (C=N–C) groups is 4. The zero-order valence-electron chi connectivity index (χ0n) is 12.1. The van der Waals surface area contributed by atoms with Crippen LogP contribution in [0.2, 0.25) is 0 Å². The van der Waals surface area contributed by atoms with Gasteiger partial charge < -0.3 is 0 Å². The van der Waals surface area contributed by atoms with Crippen LogP contribution < -0.4 is 0 Å². The Morgan fingerprint density at radius 2 is 0.714 bits per heavy atom. The minimum atomic E-state index is -6.64. The van der Waals surface area contributed by atoms with Crippen molar-refractivity contribution in [1.29, 1.82) is 0 Å². The second kappa shape index (κ2) is 5.96. The van der Waals surface area contributed by atoms with Crippen LogP contribution in [0.25, 0.3) is 0 Å². The van der Waals surface area contributed by atoms with E-state index >= 15 is 0 Å². The second-order valence-corrected chi connectivity index (χ2v) is 5.77. The Balaban J connectivity index is 3.06. The lowest BCUT2D eigenvalue weighted by Crippen LogP contribution is -2.72. The molecule has 2 heterocycles. The Morgan fingerprint density at radius 3 is 0.893 bits per heavy atom. The molecule has 0 atom stereocenters. The summed E-state index contributed by atoms with van der Waals surface area (Å²) in [7, 11) is 0. The van der Waals surface area contributed by atoms with Gasteiger partial charge in [-0.25, -0.2) is 20.0 Å². The lowest BCUT2D eigenvalue weighted by Gasteiger charge is -2.43. The quantitative estimate of drug-likeness (QED) is 0.357. The summed E-state index contributed by atoms with van der Waals surface area (Å²) in [4.78, 5) is 8.63. The summed E-state index contributed by atoms with van der Waals surface area (Å²) in [6.07, 6.45) is -26.5. The lowest BCUT2D eigenvalue weighted by molar-refractivity contribution is -0.276. The summed E-state index contributed by atoms with van der Waals surface area (Å²) in [5, 5.41) is -4.37. The van der Waals surface area contributed by atoms with Crippen molar-refractivity contribution in [3.63, 3.8) is 0 Å². The molecule has 2 aliphatic heterocycles. The minimum Gasteiger partial charge on any atom is -0.224 e. The highest BCUT2D eigenvalue weighted by atomic mass is 35.5. The summed E-state index contributed by atoms with van der Waals surface area (Å²) < 4.78 is 160. The van der Waals surface area contributed by atoms with Gasteiger partial charge in [0.05, 0.1) is 0 Å². The summed E-state index contributed by atoms with van der Waals surface area (Å²) in [6, 6.07) is 0.